The fourth-order valence-corrected chi connectivity index (χ4v) is 1.22. The summed E-state index contributed by atoms with van der Waals surface area (Å²) >= 11 is 0. The molecule has 2 rings (SSSR count). The number of pyridine rings is 1. The molecule has 2 heterocycles. The van der Waals surface area contributed by atoms with Gasteiger partial charge in [0.15, 0.2) is 5.69 Å². The van der Waals surface area contributed by atoms with Crippen molar-refractivity contribution in [3.8, 4) is 11.8 Å². The maximum absolute atomic E-state index is 8.83. The minimum atomic E-state index is 0.385. The van der Waals surface area contributed by atoms with E-state index in [2.05, 4.69) is 10.1 Å². The summed E-state index contributed by atoms with van der Waals surface area (Å²) in [5, 5.41) is 13.0. The van der Waals surface area contributed by atoms with E-state index in [0.29, 0.717) is 11.4 Å². The van der Waals surface area contributed by atoms with E-state index in [1.165, 1.54) is 0 Å². The predicted octanol–water partition coefficient (Wildman–Crippen LogP) is 1.45. The quantitative estimate of drug-likeness (QED) is 0.674. The molecule has 0 aliphatic heterocycles. The average molecular weight is 184 g/mol. The van der Waals surface area contributed by atoms with Crippen LogP contribution in [-0.2, 0) is 0 Å². The zero-order valence-corrected chi connectivity index (χ0v) is 7.68. The van der Waals surface area contributed by atoms with Crippen molar-refractivity contribution in [1.29, 1.82) is 5.26 Å². The second-order valence-electron chi connectivity index (χ2n) is 2.88. The maximum Gasteiger partial charge on any atom is 0.166 e. The highest BCUT2D eigenvalue weighted by Gasteiger charge is 2.04. The van der Waals surface area contributed by atoms with Gasteiger partial charge in [0, 0.05) is 12.4 Å². The number of aromatic nitrogens is 3. The average Bonchev–Trinajstić information content (AvgIpc) is 2.65. The molecule has 0 fully saturated rings. The maximum atomic E-state index is 8.83. The molecule has 2 aromatic heterocycles. The molecule has 14 heavy (non-hydrogen) atoms. The van der Waals surface area contributed by atoms with Crippen LogP contribution >= 0.6 is 0 Å². The van der Waals surface area contributed by atoms with Crippen molar-refractivity contribution >= 4 is 0 Å². The van der Waals surface area contributed by atoms with Crippen molar-refractivity contribution in [1.82, 2.24) is 14.8 Å². The van der Waals surface area contributed by atoms with E-state index < -0.39 is 0 Å². The number of nitriles is 1. The summed E-state index contributed by atoms with van der Waals surface area (Å²) in [6, 6.07) is 7.52. The SMILES string of the molecule is Cc1ccn(-c2cccnc2C#N)n1. The van der Waals surface area contributed by atoms with E-state index in [1.807, 2.05) is 31.3 Å². The Kier molecular flexibility index (Phi) is 1.99. The van der Waals surface area contributed by atoms with Gasteiger partial charge in [-0.15, -0.1) is 0 Å². The van der Waals surface area contributed by atoms with Crippen LogP contribution in [0.1, 0.15) is 11.4 Å². The molecule has 0 saturated carbocycles. The van der Waals surface area contributed by atoms with Crippen molar-refractivity contribution < 1.29 is 0 Å². The van der Waals surface area contributed by atoms with Crippen LogP contribution in [-0.4, -0.2) is 14.8 Å². The van der Waals surface area contributed by atoms with E-state index in [9.17, 15) is 0 Å². The molecular formula is C10H8N4. The van der Waals surface area contributed by atoms with Crippen LogP contribution in [0.4, 0.5) is 0 Å². The molecule has 4 heteroatoms. The Hall–Kier alpha value is -2.15. The van der Waals surface area contributed by atoms with E-state index in [4.69, 9.17) is 5.26 Å². The third-order valence-electron chi connectivity index (χ3n) is 1.86. The van der Waals surface area contributed by atoms with Crippen LogP contribution in [0.2, 0.25) is 0 Å². The molecule has 0 spiro atoms. The Morgan fingerprint density at radius 3 is 2.93 bits per heavy atom. The van der Waals surface area contributed by atoms with Gasteiger partial charge in [0.25, 0.3) is 0 Å². The molecule has 0 unspecified atom stereocenters. The van der Waals surface area contributed by atoms with Crippen molar-refractivity contribution in [2.75, 3.05) is 0 Å². The zero-order chi connectivity index (χ0) is 9.97. The Morgan fingerprint density at radius 1 is 1.43 bits per heavy atom. The van der Waals surface area contributed by atoms with Crippen LogP contribution < -0.4 is 0 Å². The number of nitrogens with zero attached hydrogens (tertiary/aromatic N) is 4. The van der Waals surface area contributed by atoms with Gasteiger partial charge in [-0.25, -0.2) is 9.67 Å². The standard InChI is InChI=1S/C10H8N4/c1-8-4-6-14(13-8)10-3-2-5-12-9(10)7-11/h2-6H,1H3. The molecule has 4 nitrogen and oxygen atoms in total. The molecule has 68 valence electrons. The van der Waals surface area contributed by atoms with E-state index in [1.54, 1.807) is 16.9 Å². The van der Waals surface area contributed by atoms with E-state index >= 15 is 0 Å². The van der Waals surface area contributed by atoms with Gasteiger partial charge in [-0.05, 0) is 25.1 Å². The van der Waals surface area contributed by atoms with Gasteiger partial charge >= 0.3 is 0 Å². The number of hydrogen-bond donors (Lipinski definition) is 0. The third kappa shape index (κ3) is 1.36. The van der Waals surface area contributed by atoms with Gasteiger partial charge in [0.1, 0.15) is 11.8 Å². The van der Waals surface area contributed by atoms with Gasteiger partial charge in [-0.2, -0.15) is 10.4 Å². The highest BCUT2D eigenvalue weighted by Crippen LogP contribution is 2.09. The summed E-state index contributed by atoms with van der Waals surface area (Å²) in [7, 11) is 0. The molecule has 0 saturated heterocycles. The Morgan fingerprint density at radius 2 is 2.29 bits per heavy atom. The summed E-state index contributed by atoms with van der Waals surface area (Å²) < 4.78 is 1.65. The smallest absolute Gasteiger partial charge is 0.166 e. The van der Waals surface area contributed by atoms with Crippen LogP contribution in [0, 0.1) is 18.3 Å². The summed E-state index contributed by atoms with van der Waals surface area (Å²) in [4.78, 5) is 3.96. The van der Waals surface area contributed by atoms with Crippen molar-refractivity contribution in [3.63, 3.8) is 0 Å². The molecule has 0 aliphatic rings. The second kappa shape index (κ2) is 3.30. The number of aryl methyl sites for hydroxylation is 1. The molecule has 2 aromatic rings. The molecule has 0 aliphatic carbocycles. The number of rotatable bonds is 1. The zero-order valence-electron chi connectivity index (χ0n) is 7.68. The van der Waals surface area contributed by atoms with Crippen LogP contribution in [0.3, 0.4) is 0 Å². The summed E-state index contributed by atoms with van der Waals surface area (Å²) in [5.74, 6) is 0. The molecule has 0 aromatic carbocycles. The van der Waals surface area contributed by atoms with Crippen LogP contribution in [0.5, 0.6) is 0 Å². The summed E-state index contributed by atoms with van der Waals surface area (Å²) in [6.45, 7) is 1.90. The molecule has 0 N–H and O–H groups in total. The van der Waals surface area contributed by atoms with E-state index in [-0.39, 0.29) is 0 Å². The Bertz CT molecular complexity index is 493. The lowest BCUT2D eigenvalue weighted by molar-refractivity contribution is 0.852. The molecule has 0 amide bonds. The lowest BCUT2D eigenvalue weighted by Crippen LogP contribution is -1.99. The topological polar surface area (TPSA) is 54.5 Å². The van der Waals surface area contributed by atoms with Crippen molar-refractivity contribution in [3.05, 3.63) is 42.0 Å². The van der Waals surface area contributed by atoms with Gasteiger partial charge in [0.05, 0.1) is 5.69 Å². The lowest BCUT2D eigenvalue weighted by Gasteiger charge is -2.01. The van der Waals surface area contributed by atoms with Gasteiger partial charge < -0.3 is 0 Å². The largest absolute Gasteiger partial charge is 0.243 e. The fourth-order valence-electron chi connectivity index (χ4n) is 1.22. The van der Waals surface area contributed by atoms with Gasteiger partial charge in [0.2, 0.25) is 0 Å². The Balaban J connectivity index is 2.57. The monoisotopic (exact) mass is 184 g/mol. The van der Waals surface area contributed by atoms with Gasteiger partial charge in [-0.1, -0.05) is 0 Å². The minimum absolute atomic E-state index is 0.385. The Labute approximate surface area is 81.4 Å². The highest BCUT2D eigenvalue weighted by molar-refractivity contribution is 5.42. The van der Waals surface area contributed by atoms with E-state index in [0.717, 1.165) is 5.69 Å². The molecular weight excluding hydrogens is 176 g/mol. The van der Waals surface area contributed by atoms with Crippen LogP contribution in [0.25, 0.3) is 5.69 Å². The predicted molar refractivity (Wildman–Crippen MR) is 50.8 cm³/mol. The first-order valence-corrected chi connectivity index (χ1v) is 4.19. The highest BCUT2D eigenvalue weighted by atomic mass is 15.3. The second-order valence-corrected chi connectivity index (χ2v) is 2.88. The minimum Gasteiger partial charge on any atom is -0.243 e. The molecule has 0 radical (unpaired) electrons. The van der Waals surface area contributed by atoms with Crippen LogP contribution in [0.15, 0.2) is 30.6 Å². The first kappa shape index (κ1) is 8.45. The first-order chi connectivity index (χ1) is 6.81. The van der Waals surface area contributed by atoms with Crippen molar-refractivity contribution in [2.45, 2.75) is 6.92 Å². The molecule has 0 atom stereocenters. The lowest BCUT2D eigenvalue weighted by atomic mass is 10.3. The molecule has 0 bridgehead atoms. The van der Waals surface area contributed by atoms with Gasteiger partial charge in [-0.3, -0.25) is 0 Å². The number of hydrogen-bond acceptors (Lipinski definition) is 3. The fraction of sp³-hybridized carbons (Fsp3) is 0.100. The third-order valence-corrected chi connectivity index (χ3v) is 1.86. The summed E-state index contributed by atoms with van der Waals surface area (Å²) in [6.07, 6.45) is 3.41. The summed E-state index contributed by atoms with van der Waals surface area (Å²) in [5.41, 5.74) is 2.01. The first-order valence-electron chi connectivity index (χ1n) is 4.19. The normalized spacial score (nSPS) is 9.71. The van der Waals surface area contributed by atoms with Crippen molar-refractivity contribution in [2.24, 2.45) is 0 Å².